The maximum absolute atomic E-state index is 13.3. The van der Waals surface area contributed by atoms with E-state index in [2.05, 4.69) is 21.4 Å². The SMILES string of the molecule is CCc1ccc(C#N)cc1N(C)c1cc2c(ncn2C)c(NC(=O)[C@H]2C[C@H]2F)n1. The molecule has 4 rings (SSSR count). The second kappa shape index (κ2) is 7.17. The molecular formula is C21H21FN6O. The molecule has 0 saturated heterocycles. The van der Waals surface area contributed by atoms with Gasteiger partial charge in [0.25, 0.3) is 0 Å². The van der Waals surface area contributed by atoms with Crippen LogP contribution in [0.5, 0.6) is 0 Å². The van der Waals surface area contributed by atoms with Crippen LogP contribution in [0.25, 0.3) is 11.0 Å². The molecule has 1 aliphatic carbocycles. The van der Waals surface area contributed by atoms with E-state index in [0.29, 0.717) is 22.7 Å². The van der Waals surface area contributed by atoms with Gasteiger partial charge in [0.15, 0.2) is 5.82 Å². The van der Waals surface area contributed by atoms with Crippen molar-refractivity contribution in [1.29, 1.82) is 5.26 Å². The molecule has 1 N–H and O–H groups in total. The van der Waals surface area contributed by atoms with Gasteiger partial charge in [0.05, 0.1) is 29.4 Å². The third-order valence-electron chi connectivity index (χ3n) is 5.29. The second-order valence-corrected chi connectivity index (χ2v) is 7.27. The standard InChI is InChI=1S/C21H21FN6O/c1-4-13-6-5-12(10-23)7-16(13)28(3)18-9-17-19(24-11-27(17)2)20(25-18)26-21(29)14-8-15(14)22/h5-7,9,11,14-15H,4,8H2,1-3H3,(H,25,26,29)/t14-,15+/m0/s1. The summed E-state index contributed by atoms with van der Waals surface area (Å²) in [6.45, 7) is 2.05. The first-order valence-electron chi connectivity index (χ1n) is 9.46. The number of nitrogens with one attached hydrogen (secondary N) is 1. The first kappa shape index (κ1) is 18.9. The van der Waals surface area contributed by atoms with Gasteiger partial charge in [-0.15, -0.1) is 0 Å². The van der Waals surface area contributed by atoms with Gasteiger partial charge in [-0.05, 0) is 30.5 Å². The third-order valence-corrected chi connectivity index (χ3v) is 5.29. The molecule has 148 valence electrons. The minimum atomic E-state index is -1.08. The van der Waals surface area contributed by atoms with Crippen LogP contribution in [0, 0.1) is 17.2 Å². The monoisotopic (exact) mass is 392 g/mol. The van der Waals surface area contributed by atoms with Crippen molar-refractivity contribution in [3.63, 3.8) is 0 Å². The van der Waals surface area contributed by atoms with Gasteiger partial charge in [0.2, 0.25) is 5.91 Å². The lowest BCUT2D eigenvalue weighted by atomic mass is 10.1. The van der Waals surface area contributed by atoms with E-state index in [1.807, 2.05) is 48.7 Å². The normalized spacial score (nSPS) is 17.8. The number of carbonyl (C=O) groups is 1. The fraction of sp³-hybridized carbons (Fsp3) is 0.333. The quantitative estimate of drug-likeness (QED) is 0.718. The molecule has 2 atom stereocenters. The fourth-order valence-corrected chi connectivity index (χ4v) is 3.39. The van der Waals surface area contributed by atoms with E-state index in [0.717, 1.165) is 23.2 Å². The van der Waals surface area contributed by atoms with Gasteiger partial charge in [-0.3, -0.25) is 4.79 Å². The number of alkyl halides is 1. The zero-order valence-corrected chi connectivity index (χ0v) is 16.5. The Hall–Kier alpha value is -3.47. The zero-order valence-electron chi connectivity index (χ0n) is 16.5. The van der Waals surface area contributed by atoms with Gasteiger partial charge in [0, 0.05) is 25.8 Å². The Bertz CT molecular complexity index is 1150. The van der Waals surface area contributed by atoms with Crippen LogP contribution in [0.3, 0.4) is 0 Å². The molecule has 3 aromatic rings. The molecule has 1 amide bonds. The number of hydrogen-bond acceptors (Lipinski definition) is 5. The van der Waals surface area contributed by atoms with Crippen LogP contribution in [-0.2, 0) is 18.3 Å². The van der Waals surface area contributed by atoms with Crippen LogP contribution in [0.4, 0.5) is 21.7 Å². The molecule has 0 radical (unpaired) electrons. The van der Waals surface area contributed by atoms with Crippen LogP contribution in [0.15, 0.2) is 30.6 Å². The first-order chi connectivity index (χ1) is 13.9. The Labute approximate surface area is 167 Å². The number of halogens is 1. The van der Waals surface area contributed by atoms with Gasteiger partial charge >= 0.3 is 0 Å². The number of imidazole rings is 1. The maximum atomic E-state index is 13.3. The summed E-state index contributed by atoms with van der Waals surface area (Å²) in [7, 11) is 3.72. The van der Waals surface area contributed by atoms with Crippen LogP contribution in [0.2, 0.25) is 0 Å². The lowest BCUT2D eigenvalue weighted by Gasteiger charge is -2.22. The van der Waals surface area contributed by atoms with Crippen LogP contribution in [-0.4, -0.2) is 33.7 Å². The van der Waals surface area contributed by atoms with E-state index in [1.165, 1.54) is 0 Å². The summed E-state index contributed by atoms with van der Waals surface area (Å²) in [4.78, 5) is 23.1. The minimum Gasteiger partial charge on any atom is -0.334 e. The van der Waals surface area contributed by atoms with Gasteiger partial charge < -0.3 is 14.8 Å². The summed E-state index contributed by atoms with van der Waals surface area (Å²) in [6.07, 6.45) is 1.61. The average molecular weight is 392 g/mol. The molecule has 7 nitrogen and oxygen atoms in total. The summed E-state index contributed by atoms with van der Waals surface area (Å²) in [5.74, 6) is -0.0919. The highest BCUT2D eigenvalue weighted by atomic mass is 19.1. The van der Waals surface area contributed by atoms with Crippen molar-refractivity contribution in [2.45, 2.75) is 25.9 Å². The van der Waals surface area contributed by atoms with Crippen molar-refractivity contribution < 1.29 is 9.18 Å². The van der Waals surface area contributed by atoms with Crippen LogP contribution >= 0.6 is 0 Å². The van der Waals surface area contributed by atoms with E-state index < -0.39 is 12.1 Å². The average Bonchev–Trinajstić information content (AvgIpc) is 3.36. The van der Waals surface area contributed by atoms with Crippen molar-refractivity contribution in [3.8, 4) is 6.07 Å². The summed E-state index contributed by atoms with van der Waals surface area (Å²) in [6, 6.07) is 9.60. The van der Waals surface area contributed by atoms with Crippen molar-refractivity contribution in [3.05, 3.63) is 41.7 Å². The second-order valence-electron chi connectivity index (χ2n) is 7.27. The number of nitriles is 1. The highest BCUT2D eigenvalue weighted by molar-refractivity contribution is 6.01. The molecule has 1 aromatic carbocycles. The highest BCUT2D eigenvalue weighted by Crippen LogP contribution is 2.36. The van der Waals surface area contributed by atoms with E-state index in [4.69, 9.17) is 0 Å². The van der Waals surface area contributed by atoms with E-state index in [1.54, 1.807) is 12.4 Å². The Morgan fingerprint density at radius 2 is 2.21 bits per heavy atom. The lowest BCUT2D eigenvalue weighted by Crippen LogP contribution is -2.19. The van der Waals surface area contributed by atoms with Crippen molar-refractivity contribution in [1.82, 2.24) is 14.5 Å². The van der Waals surface area contributed by atoms with Crippen LogP contribution in [0.1, 0.15) is 24.5 Å². The molecule has 0 unspecified atom stereocenters. The number of hydrogen-bond donors (Lipinski definition) is 1. The molecule has 0 aliphatic heterocycles. The maximum Gasteiger partial charge on any atom is 0.231 e. The number of benzene rings is 1. The van der Waals surface area contributed by atoms with E-state index in [-0.39, 0.29) is 12.3 Å². The van der Waals surface area contributed by atoms with Crippen molar-refractivity contribution in [2.75, 3.05) is 17.3 Å². The number of nitrogens with zero attached hydrogens (tertiary/aromatic N) is 5. The lowest BCUT2D eigenvalue weighted by molar-refractivity contribution is -0.117. The minimum absolute atomic E-state index is 0.248. The molecule has 0 spiro atoms. The topological polar surface area (TPSA) is 86.8 Å². The van der Waals surface area contributed by atoms with Gasteiger partial charge in [-0.1, -0.05) is 13.0 Å². The highest BCUT2D eigenvalue weighted by Gasteiger charge is 2.44. The number of pyridine rings is 1. The Morgan fingerprint density at radius 3 is 2.86 bits per heavy atom. The summed E-state index contributed by atoms with van der Waals surface area (Å²) < 4.78 is 15.1. The van der Waals surface area contributed by atoms with E-state index in [9.17, 15) is 14.4 Å². The van der Waals surface area contributed by atoms with E-state index >= 15 is 0 Å². The van der Waals surface area contributed by atoms with Crippen molar-refractivity contribution >= 4 is 34.3 Å². The Balaban J connectivity index is 1.79. The first-order valence-corrected chi connectivity index (χ1v) is 9.46. The molecule has 2 heterocycles. The number of anilines is 3. The van der Waals surface area contributed by atoms with Gasteiger partial charge in [-0.2, -0.15) is 5.26 Å². The molecule has 1 aliphatic rings. The molecule has 1 fully saturated rings. The predicted octanol–water partition coefficient (Wildman–Crippen LogP) is 3.47. The number of fused-ring (bicyclic) bond motifs is 1. The number of amides is 1. The number of aromatic nitrogens is 3. The smallest absolute Gasteiger partial charge is 0.231 e. The Kier molecular flexibility index (Phi) is 4.66. The predicted molar refractivity (Wildman–Crippen MR) is 109 cm³/mol. The molecule has 0 bridgehead atoms. The zero-order chi connectivity index (χ0) is 20.7. The molecule has 29 heavy (non-hydrogen) atoms. The summed E-state index contributed by atoms with van der Waals surface area (Å²) >= 11 is 0. The molecule has 2 aromatic heterocycles. The van der Waals surface area contributed by atoms with Gasteiger partial charge in [0.1, 0.15) is 17.5 Å². The molecular weight excluding hydrogens is 371 g/mol. The molecule has 1 saturated carbocycles. The number of rotatable bonds is 5. The Morgan fingerprint density at radius 1 is 1.45 bits per heavy atom. The largest absolute Gasteiger partial charge is 0.334 e. The third kappa shape index (κ3) is 3.40. The van der Waals surface area contributed by atoms with Crippen molar-refractivity contribution in [2.24, 2.45) is 13.0 Å². The van der Waals surface area contributed by atoms with Crippen LogP contribution < -0.4 is 10.2 Å². The fourth-order valence-electron chi connectivity index (χ4n) is 3.39. The number of carbonyl (C=O) groups excluding carboxylic acids is 1. The molecule has 8 heteroatoms. The summed E-state index contributed by atoms with van der Waals surface area (Å²) in [5.41, 5.74) is 3.84. The van der Waals surface area contributed by atoms with Gasteiger partial charge in [-0.25, -0.2) is 14.4 Å². The summed E-state index contributed by atoms with van der Waals surface area (Å²) in [5, 5.41) is 12.0. The number of aryl methyl sites for hydroxylation is 2.